The fourth-order valence-electron chi connectivity index (χ4n) is 3.04. The lowest BCUT2D eigenvalue weighted by Gasteiger charge is -2.18. The minimum atomic E-state index is -0.345. The molecule has 2 aromatic heterocycles. The minimum Gasteiger partial charge on any atom is -0.497 e. The van der Waals surface area contributed by atoms with Crippen molar-refractivity contribution in [2.75, 3.05) is 7.11 Å². The summed E-state index contributed by atoms with van der Waals surface area (Å²) in [4.78, 5) is 16.9. The molecule has 1 N–H and O–H groups in total. The highest BCUT2D eigenvalue weighted by atomic mass is 16.5. The SMILES string of the molecule is COc1ccc(-c2cc(C(=O)NC(c3ccccc3)c3ccncc3)on2)cc1. The fourth-order valence-corrected chi connectivity index (χ4v) is 3.04. The van der Waals surface area contributed by atoms with Crippen molar-refractivity contribution in [3.05, 3.63) is 102 Å². The number of nitrogens with one attached hydrogen (secondary N) is 1. The second-order valence-corrected chi connectivity index (χ2v) is 6.40. The second-order valence-electron chi connectivity index (χ2n) is 6.40. The molecular weight excluding hydrogens is 366 g/mol. The van der Waals surface area contributed by atoms with E-state index in [0.29, 0.717) is 5.69 Å². The van der Waals surface area contributed by atoms with Crippen molar-refractivity contribution in [2.24, 2.45) is 0 Å². The van der Waals surface area contributed by atoms with E-state index in [2.05, 4.69) is 15.5 Å². The molecule has 0 bridgehead atoms. The van der Waals surface area contributed by atoms with Crippen molar-refractivity contribution in [1.29, 1.82) is 0 Å². The molecule has 0 saturated carbocycles. The highest BCUT2D eigenvalue weighted by Gasteiger charge is 2.21. The van der Waals surface area contributed by atoms with E-state index < -0.39 is 0 Å². The zero-order chi connectivity index (χ0) is 20.1. The Morgan fingerprint density at radius 3 is 2.34 bits per heavy atom. The summed E-state index contributed by atoms with van der Waals surface area (Å²) in [5.74, 6) is 0.548. The van der Waals surface area contributed by atoms with Crippen molar-refractivity contribution >= 4 is 5.91 Å². The maximum atomic E-state index is 12.9. The van der Waals surface area contributed by atoms with Crippen LogP contribution in [0.3, 0.4) is 0 Å². The van der Waals surface area contributed by atoms with Gasteiger partial charge in [0, 0.05) is 24.0 Å². The molecule has 144 valence electrons. The Morgan fingerprint density at radius 2 is 1.66 bits per heavy atom. The minimum absolute atomic E-state index is 0.144. The predicted molar refractivity (Wildman–Crippen MR) is 108 cm³/mol. The van der Waals surface area contributed by atoms with Gasteiger partial charge in [-0.25, -0.2) is 0 Å². The molecule has 1 atom stereocenters. The molecule has 0 fully saturated rings. The Bertz CT molecular complexity index is 1040. The molecule has 0 aliphatic carbocycles. The van der Waals surface area contributed by atoms with Crippen molar-refractivity contribution in [3.63, 3.8) is 0 Å². The van der Waals surface area contributed by atoms with Gasteiger partial charge in [-0.15, -0.1) is 0 Å². The molecular formula is C23H19N3O3. The number of carbonyl (C=O) groups is 1. The Morgan fingerprint density at radius 1 is 0.966 bits per heavy atom. The maximum Gasteiger partial charge on any atom is 0.290 e. The van der Waals surface area contributed by atoms with Gasteiger partial charge < -0.3 is 14.6 Å². The topological polar surface area (TPSA) is 77.2 Å². The third-order valence-electron chi connectivity index (χ3n) is 4.57. The molecule has 1 amide bonds. The fraction of sp³-hybridized carbons (Fsp3) is 0.0870. The number of rotatable bonds is 6. The molecule has 4 aromatic rings. The van der Waals surface area contributed by atoms with Gasteiger partial charge >= 0.3 is 0 Å². The Hall–Kier alpha value is -3.93. The molecule has 4 rings (SSSR count). The normalized spacial score (nSPS) is 11.6. The van der Waals surface area contributed by atoms with Gasteiger partial charge in [0.2, 0.25) is 5.76 Å². The molecule has 1 unspecified atom stereocenters. The molecule has 0 aliphatic rings. The quantitative estimate of drug-likeness (QED) is 0.536. The highest BCUT2D eigenvalue weighted by molar-refractivity contribution is 5.93. The summed E-state index contributed by atoms with van der Waals surface area (Å²) >= 11 is 0. The number of hydrogen-bond acceptors (Lipinski definition) is 5. The number of aromatic nitrogens is 2. The average Bonchev–Trinajstić information content (AvgIpc) is 3.29. The van der Waals surface area contributed by atoms with E-state index in [1.807, 2.05) is 66.7 Å². The van der Waals surface area contributed by atoms with E-state index in [9.17, 15) is 4.79 Å². The van der Waals surface area contributed by atoms with E-state index >= 15 is 0 Å². The molecule has 0 spiro atoms. The number of nitrogens with zero attached hydrogens (tertiary/aromatic N) is 2. The van der Waals surface area contributed by atoms with Crippen molar-refractivity contribution in [1.82, 2.24) is 15.5 Å². The lowest BCUT2D eigenvalue weighted by Crippen LogP contribution is -2.29. The van der Waals surface area contributed by atoms with Crippen molar-refractivity contribution in [2.45, 2.75) is 6.04 Å². The third kappa shape index (κ3) is 4.16. The van der Waals surface area contributed by atoms with Crippen LogP contribution in [0.25, 0.3) is 11.3 Å². The van der Waals surface area contributed by atoms with Gasteiger partial charge in [-0.1, -0.05) is 35.5 Å². The number of benzene rings is 2. The first-order chi connectivity index (χ1) is 14.2. The summed E-state index contributed by atoms with van der Waals surface area (Å²) in [5.41, 5.74) is 3.30. The van der Waals surface area contributed by atoms with Crippen LogP contribution in [0.4, 0.5) is 0 Å². The van der Waals surface area contributed by atoms with Crippen LogP contribution >= 0.6 is 0 Å². The predicted octanol–water partition coefficient (Wildman–Crippen LogP) is 4.26. The Kier molecular flexibility index (Phi) is 5.33. The van der Waals surface area contributed by atoms with Crippen LogP contribution in [0.2, 0.25) is 0 Å². The molecule has 6 heteroatoms. The third-order valence-corrected chi connectivity index (χ3v) is 4.57. The van der Waals surface area contributed by atoms with Crippen LogP contribution in [0.5, 0.6) is 5.75 Å². The smallest absolute Gasteiger partial charge is 0.290 e. The monoisotopic (exact) mass is 385 g/mol. The van der Waals surface area contributed by atoms with Crippen molar-refractivity contribution in [3.8, 4) is 17.0 Å². The van der Waals surface area contributed by atoms with Gasteiger partial charge in [0.25, 0.3) is 5.91 Å². The molecule has 0 radical (unpaired) electrons. The van der Waals surface area contributed by atoms with Crippen LogP contribution in [-0.4, -0.2) is 23.2 Å². The van der Waals surface area contributed by atoms with Gasteiger partial charge in [0.05, 0.1) is 13.2 Å². The first-order valence-electron chi connectivity index (χ1n) is 9.11. The largest absolute Gasteiger partial charge is 0.497 e. The molecule has 0 saturated heterocycles. The molecule has 2 aromatic carbocycles. The molecule has 6 nitrogen and oxygen atoms in total. The summed E-state index contributed by atoms with van der Waals surface area (Å²) in [5, 5.41) is 7.06. The van der Waals surface area contributed by atoms with Crippen LogP contribution in [0.15, 0.2) is 89.7 Å². The van der Waals surface area contributed by atoms with E-state index in [0.717, 1.165) is 22.4 Å². The van der Waals surface area contributed by atoms with Gasteiger partial charge in [-0.2, -0.15) is 0 Å². The van der Waals surface area contributed by atoms with Crippen LogP contribution < -0.4 is 10.1 Å². The Labute approximate surface area is 168 Å². The number of amides is 1. The van der Waals surface area contributed by atoms with Gasteiger partial charge in [0.15, 0.2) is 0 Å². The van der Waals surface area contributed by atoms with Crippen LogP contribution in [0.1, 0.15) is 27.7 Å². The summed E-state index contributed by atoms with van der Waals surface area (Å²) in [6.07, 6.45) is 3.40. The zero-order valence-electron chi connectivity index (χ0n) is 15.8. The number of hydrogen-bond donors (Lipinski definition) is 1. The number of methoxy groups -OCH3 is 1. The molecule has 2 heterocycles. The van der Waals surface area contributed by atoms with Gasteiger partial charge in [-0.3, -0.25) is 9.78 Å². The molecule has 29 heavy (non-hydrogen) atoms. The zero-order valence-corrected chi connectivity index (χ0v) is 15.8. The van der Waals surface area contributed by atoms with E-state index in [-0.39, 0.29) is 17.7 Å². The highest BCUT2D eigenvalue weighted by Crippen LogP contribution is 2.24. The van der Waals surface area contributed by atoms with Gasteiger partial charge in [-0.05, 0) is 47.5 Å². The number of pyridine rings is 1. The second kappa shape index (κ2) is 8.39. The summed E-state index contributed by atoms with van der Waals surface area (Å²) in [6, 6.07) is 22.2. The number of ether oxygens (including phenoxy) is 1. The Balaban J connectivity index is 1.57. The standard InChI is InChI=1S/C23H19N3O3/c1-28-19-9-7-16(8-10-19)20-15-21(29-26-20)23(27)25-22(17-5-3-2-4-6-17)18-11-13-24-14-12-18/h2-15,22H,1H3,(H,25,27). The summed E-state index contributed by atoms with van der Waals surface area (Å²) in [6.45, 7) is 0. The average molecular weight is 385 g/mol. The van der Waals surface area contributed by atoms with E-state index in [1.54, 1.807) is 25.6 Å². The van der Waals surface area contributed by atoms with Crippen LogP contribution in [0, 0.1) is 0 Å². The summed E-state index contributed by atoms with van der Waals surface area (Å²) in [7, 11) is 1.61. The number of carbonyl (C=O) groups excluding carboxylic acids is 1. The maximum absolute atomic E-state index is 12.9. The first-order valence-corrected chi connectivity index (χ1v) is 9.11. The summed E-state index contributed by atoms with van der Waals surface area (Å²) < 4.78 is 10.5. The molecule has 0 aliphatic heterocycles. The van der Waals surface area contributed by atoms with E-state index in [1.165, 1.54) is 0 Å². The van der Waals surface area contributed by atoms with Gasteiger partial charge in [0.1, 0.15) is 11.4 Å². The van der Waals surface area contributed by atoms with Crippen molar-refractivity contribution < 1.29 is 14.1 Å². The van der Waals surface area contributed by atoms with E-state index in [4.69, 9.17) is 9.26 Å². The lowest BCUT2D eigenvalue weighted by molar-refractivity contribution is 0.0906. The first kappa shape index (κ1) is 18.4. The lowest BCUT2D eigenvalue weighted by atomic mass is 9.99. The van der Waals surface area contributed by atoms with Crippen LogP contribution in [-0.2, 0) is 0 Å².